The van der Waals surface area contributed by atoms with Crippen LogP contribution in [-0.4, -0.2) is 35.1 Å². The van der Waals surface area contributed by atoms with E-state index in [0.29, 0.717) is 11.9 Å². The van der Waals surface area contributed by atoms with Crippen LogP contribution < -0.4 is 5.73 Å². The first-order chi connectivity index (χ1) is 6.58. The third-order valence-corrected chi connectivity index (χ3v) is 2.74. The number of nitrogens with zero attached hydrogens (tertiary/aromatic N) is 2. The van der Waals surface area contributed by atoms with E-state index in [1.807, 2.05) is 14.0 Å². The van der Waals surface area contributed by atoms with Crippen molar-refractivity contribution in [2.45, 2.75) is 52.1 Å². The molecule has 0 aromatic rings. The first-order valence-electron chi connectivity index (χ1n) is 5.27. The fourth-order valence-electron chi connectivity index (χ4n) is 1.70. The van der Waals surface area contributed by atoms with Gasteiger partial charge in [-0.15, -0.1) is 0 Å². The van der Waals surface area contributed by atoms with Gasteiger partial charge in [-0.25, -0.2) is 0 Å². The van der Waals surface area contributed by atoms with E-state index in [4.69, 9.17) is 10.9 Å². The van der Waals surface area contributed by atoms with Gasteiger partial charge in [0.1, 0.15) is 0 Å². The lowest BCUT2D eigenvalue weighted by Crippen LogP contribution is -2.46. The number of hydrogen-bond donors (Lipinski definition) is 2. The van der Waals surface area contributed by atoms with Crippen molar-refractivity contribution in [3.8, 4) is 0 Å². The summed E-state index contributed by atoms with van der Waals surface area (Å²) in [7, 11) is 2.02. The van der Waals surface area contributed by atoms with E-state index in [1.54, 1.807) is 0 Å². The average Bonchev–Trinajstić information content (AvgIpc) is 2.18. The summed E-state index contributed by atoms with van der Waals surface area (Å²) in [4.78, 5) is 2.17. The molecule has 0 bridgehead atoms. The van der Waals surface area contributed by atoms with E-state index in [1.165, 1.54) is 0 Å². The predicted octanol–water partition coefficient (Wildman–Crippen LogP) is 1.63. The molecule has 84 valence electrons. The average molecular weight is 201 g/mol. The Morgan fingerprint density at radius 1 is 1.50 bits per heavy atom. The van der Waals surface area contributed by atoms with Crippen molar-refractivity contribution >= 4 is 5.84 Å². The molecule has 3 N–H and O–H groups in total. The van der Waals surface area contributed by atoms with Gasteiger partial charge in [0.2, 0.25) is 0 Å². The van der Waals surface area contributed by atoms with Crippen LogP contribution >= 0.6 is 0 Å². The van der Waals surface area contributed by atoms with E-state index in [9.17, 15) is 0 Å². The third kappa shape index (κ3) is 3.54. The molecule has 14 heavy (non-hydrogen) atoms. The van der Waals surface area contributed by atoms with Gasteiger partial charge in [0.25, 0.3) is 0 Å². The van der Waals surface area contributed by atoms with Crippen LogP contribution in [0.3, 0.4) is 0 Å². The molecule has 0 aliphatic rings. The third-order valence-electron chi connectivity index (χ3n) is 2.74. The number of likely N-dealkylation sites (N-methyl/N-ethyl adjacent to an activating group) is 1. The van der Waals surface area contributed by atoms with Crippen molar-refractivity contribution in [2.75, 3.05) is 7.05 Å². The monoisotopic (exact) mass is 201 g/mol. The summed E-state index contributed by atoms with van der Waals surface area (Å²) < 4.78 is 0. The van der Waals surface area contributed by atoms with Gasteiger partial charge in [-0.1, -0.05) is 25.4 Å². The Hall–Kier alpha value is -0.770. The lowest BCUT2D eigenvalue weighted by Gasteiger charge is -2.31. The molecule has 4 heteroatoms. The minimum absolute atomic E-state index is 0.0431. The molecular formula is C10H23N3O. The summed E-state index contributed by atoms with van der Waals surface area (Å²) in [5.41, 5.74) is 5.62. The quantitative estimate of drug-likeness (QED) is 0.297. The van der Waals surface area contributed by atoms with Gasteiger partial charge in [-0.3, -0.25) is 4.90 Å². The van der Waals surface area contributed by atoms with Gasteiger partial charge in [0, 0.05) is 6.04 Å². The molecule has 2 unspecified atom stereocenters. The fourth-order valence-corrected chi connectivity index (χ4v) is 1.70. The SMILES string of the molecule is CCCC(C)N(C)C(CC)C(N)=NO. The molecule has 0 aromatic carbocycles. The molecule has 0 saturated heterocycles. The number of nitrogens with two attached hydrogens (primary N) is 1. The molecule has 0 saturated carbocycles. The van der Waals surface area contributed by atoms with Crippen molar-refractivity contribution in [3.63, 3.8) is 0 Å². The second-order valence-corrected chi connectivity index (χ2v) is 3.75. The number of oxime groups is 1. The Kier molecular flexibility index (Phi) is 6.28. The van der Waals surface area contributed by atoms with Crippen molar-refractivity contribution < 1.29 is 5.21 Å². The zero-order chi connectivity index (χ0) is 11.1. The van der Waals surface area contributed by atoms with Gasteiger partial charge in [0.15, 0.2) is 5.84 Å². The highest BCUT2D eigenvalue weighted by Gasteiger charge is 2.21. The van der Waals surface area contributed by atoms with Crippen LogP contribution in [0.2, 0.25) is 0 Å². The second kappa shape index (κ2) is 6.65. The molecule has 2 atom stereocenters. The molecule has 0 heterocycles. The van der Waals surface area contributed by atoms with Gasteiger partial charge in [-0.2, -0.15) is 0 Å². The molecule has 4 nitrogen and oxygen atoms in total. The highest BCUT2D eigenvalue weighted by atomic mass is 16.4. The van der Waals surface area contributed by atoms with Crippen molar-refractivity contribution in [3.05, 3.63) is 0 Å². The van der Waals surface area contributed by atoms with Crippen molar-refractivity contribution in [2.24, 2.45) is 10.9 Å². The second-order valence-electron chi connectivity index (χ2n) is 3.75. The Morgan fingerprint density at radius 2 is 2.07 bits per heavy atom. The molecular weight excluding hydrogens is 178 g/mol. The van der Waals surface area contributed by atoms with Crippen LogP contribution in [0.4, 0.5) is 0 Å². The van der Waals surface area contributed by atoms with Gasteiger partial charge in [0.05, 0.1) is 6.04 Å². The normalized spacial score (nSPS) is 17.1. The molecule has 0 aromatic heterocycles. The standard InChI is InChI=1S/C10H23N3O/c1-5-7-8(3)13(4)9(6-2)10(11)12-14/h8-9,14H,5-7H2,1-4H3,(H2,11,12). The molecule has 0 rings (SSSR count). The number of rotatable bonds is 6. The predicted molar refractivity (Wildman–Crippen MR) is 59.6 cm³/mol. The molecule has 0 spiro atoms. The Bertz CT molecular complexity index is 182. The largest absolute Gasteiger partial charge is 0.409 e. The van der Waals surface area contributed by atoms with E-state index >= 15 is 0 Å². The van der Waals surface area contributed by atoms with Crippen molar-refractivity contribution in [1.29, 1.82) is 0 Å². The van der Waals surface area contributed by atoms with Crippen LogP contribution in [0.5, 0.6) is 0 Å². The van der Waals surface area contributed by atoms with E-state index < -0.39 is 0 Å². The summed E-state index contributed by atoms with van der Waals surface area (Å²) in [5, 5.41) is 11.7. The lowest BCUT2D eigenvalue weighted by atomic mass is 10.1. The summed E-state index contributed by atoms with van der Waals surface area (Å²) in [6.45, 7) is 6.36. The molecule has 0 amide bonds. The van der Waals surface area contributed by atoms with Gasteiger partial charge < -0.3 is 10.9 Å². The minimum atomic E-state index is 0.0431. The Balaban J connectivity index is 4.37. The summed E-state index contributed by atoms with van der Waals surface area (Å²) in [6, 6.07) is 0.506. The number of amidine groups is 1. The summed E-state index contributed by atoms with van der Waals surface area (Å²) >= 11 is 0. The lowest BCUT2D eigenvalue weighted by molar-refractivity contribution is 0.205. The van der Waals surface area contributed by atoms with E-state index in [2.05, 4.69) is 23.9 Å². The van der Waals surface area contributed by atoms with Crippen LogP contribution in [0, 0.1) is 0 Å². The molecule has 0 aliphatic carbocycles. The summed E-state index contributed by atoms with van der Waals surface area (Å²) in [5.74, 6) is 0.304. The first kappa shape index (κ1) is 13.2. The smallest absolute Gasteiger partial charge is 0.156 e. The highest BCUT2D eigenvalue weighted by Crippen LogP contribution is 2.10. The van der Waals surface area contributed by atoms with Crippen LogP contribution in [-0.2, 0) is 0 Å². The van der Waals surface area contributed by atoms with Crippen LogP contribution in [0.15, 0.2) is 5.16 Å². The maximum absolute atomic E-state index is 8.63. The van der Waals surface area contributed by atoms with Crippen molar-refractivity contribution in [1.82, 2.24) is 4.90 Å². The topological polar surface area (TPSA) is 61.8 Å². The maximum atomic E-state index is 8.63. The minimum Gasteiger partial charge on any atom is -0.409 e. The first-order valence-corrected chi connectivity index (χ1v) is 5.27. The number of hydrogen-bond acceptors (Lipinski definition) is 3. The van der Waals surface area contributed by atoms with E-state index in [-0.39, 0.29) is 6.04 Å². The zero-order valence-corrected chi connectivity index (χ0v) is 9.70. The summed E-state index contributed by atoms with van der Waals surface area (Å²) in [6.07, 6.45) is 3.14. The zero-order valence-electron chi connectivity index (χ0n) is 9.70. The van der Waals surface area contributed by atoms with Gasteiger partial charge >= 0.3 is 0 Å². The Labute approximate surface area is 86.8 Å². The van der Waals surface area contributed by atoms with Gasteiger partial charge in [-0.05, 0) is 26.8 Å². The maximum Gasteiger partial charge on any atom is 0.156 e. The molecule has 0 aliphatic heterocycles. The van der Waals surface area contributed by atoms with Crippen LogP contribution in [0.25, 0.3) is 0 Å². The van der Waals surface area contributed by atoms with E-state index in [0.717, 1.165) is 19.3 Å². The van der Waals surface area contributed by atoms with Crippen LogP contribution in [0.1, 0.15) is 40.0 Å². The fraction of sp³-hybridized carbons (Fsp3) is 0.900. The molecule has 0 radical (unpaired) electrons. The molecule has 0 fully saturated rings. The highest BCUT2D eigenvalue weighted by molar-refractivity contribution is 5.85. The Morgan fingerprint density at radius 3 is 2.43 bits per heavy atom.